The van der Waals surface area contributed by atoms with Gasteiger partial charge in [-0.25, -0.2) is 0 Å². The quantitative estimate of drug-likeness (QED) is 0.704. The van der Waals surface area contributed by atoms with Crippen LogP contribution in [0.4, 0.5) is 0 Å². The first-order valence-corrected chi connectivity index (χ1v) is 5.57. The summed E-state index contributed by atoms with van der Waals surface area (Å²) in [6.45, 7) is 0.513. The summed E-state index contributed by atoms with van der Waals surface area (Å²) in [6.07, 6.45) is 4.03. The molecule has 1 aliphatic carbocycles. The van der Waals surface area contributed by atoms with E-state index in [1.807, 2.05) is 18.2 Å². The number of benzene rings is 1. The smallest absolute Gasteiger partial charge is 0.308 e. The minimum Gasteiger partial charge on any atom is -0.465 e. The molecule has 0 bridgehead atoms. The molecule has 0 heterocycles. The first-order valence-electron chi connectivity index (χ1n) is 5.57. The van der Waals surface area contributed by atoms with Gasteiger partial charge in [0.15, 0.2) is 0 Å². The lowest BCUT2D eigenvalue weighted by Gasteiger charge is -2.23. The maximum Gasteiger partial charge on any atom is 0.308 e. The Bertz CT molecular complexity index is 315. The van der Waals surface area contributed by atoms with Crippen LogP contribution in [0.1, 0.15) is 24.8 Å². The summed E-state index contributed by atoms with van der Waals surface area (Å²) in [7, 11) is 0. The van der Waals surface area contributed by atoms with Crippen LogP contribution in [0.15, 0.2) is 30.3 Å². The van der Waals surface area contributed by atoms with Crippen molar-refractivity contribution in [1.29, 1.82) is 0 Å². The summed E-state index contributed by atoms with van der Waals surface area (Å²) in [6, 6.07) is 10.1. The lowest BCUT2D eigenvalue weighted by molar-refractivity contribution is -0.151. The molecule has 0 radical (unpaired) electrons. The number of esters is 1. The third-order valence-electron chi connectivity index (χ3n) is 2.92. The molecule has 1 aromatic rings. The Morgan fingerprint density at radius 3 is 2.60 bits per heavy atom. The van der Waals surface area contributed by atoms with Gasteiger partial charge in [0.05, 0.1) is 12.5 Å². The molecule has 1 saturated carbocycles. The fourth-order valence-electron chi connectivity index (χ4n) is 1.68. The van der Waals surface area contributed by atoms with E-state index in [1.165, 1.54) is 12.0 Å². The summed E-state index contributed by atoms with van der Waals surface area (Å²) < 4.78 is 5.21. The van der Waals surface area contributed by atoms with Crippen LogP contribution in [0.3, 0.4) is 0 Å². The molecule has 0 aromatic heterocycles. The van der Waals surface area contributed by atoms with Gasteiger partial charge in [0.1, 0.15) is 0 Å². The molecular formula is C13H16O2. The molecule has 0 atom stereocenters. The van der Waals surface area contributed by atoms with Crippen LogP contribution >= 0.6 is 0 Å². The summed E-state index contributed by atoms with van der Waals surface area (Å²) in [5.74, 6) is 0.193. The Hall–Kier alpha value is -1.31. The van der Waals surface area contributed by atoms with E-state index in [-0.39, 0.29) is 11.9 Å². The van der Waals surface area contributed by atoms with E-state index in [0.717, 1.165) is 19.3 Å². The number of ether oxygens (including phenoxy) is 1. The van der Waals surface area contributed by atoms with E-state index in [9.17, 15) is 4.79 Å². The second-order valence-corrected chi connectivity index (χ2v) is 4.03. The van der Waals surface area contributed by atoms with Gasteiger partial charge >= 0.3 is 5.97 Å². The topological polar surface area (TPSA) is 26.3 Å². The molecular weight excluding hydrogens is 188 g/mol. The highest BCUT2D eigenvalue weighted by atomic mass is 16.5. The lowest BCUT2D eigenvalue weighted by atomic mass is 9.86. The molecule has 15 heavy (non-hydrogen) atoms. The van der Waals surface area contributed by atoms with Crippen LogP contribution in [0.25, 0.3) is 0 Å². The standard InChI is InChI=1S/C13H16O2/c14-13(12-7-4-8-12)15-10-9-11-5-2-1-3-6-11/h1-3,5-6,12H,4,7-10H2. The highest BCUT2D eigenvalue weighted by Gasteiger charge is 2.26. The maximum absolute atomic E-state index is 11.4. The van der Waals surface area contributed by atoms with E-state index in [0.29, 0.717) is 6.61 Å². The zero-order valence-electron chi connectivity index (χ0n) is 8.82. The first-order chi connectivity index (χ1) is 7.36. The molecule has 2 heteroatoms. The number of carbonyl (C=O) groups is 1. The average molecular weight is 204 g/mol. The average Bonchev–Trinajstić information content (AvgIpc) is 2.16. The van der Waals surface area contributed by atoms with E-state index < -0.39 is 0 Å². The molecule has 1 aliphatic rings. The van der Waals surface area contributed by atoms with Crippen molar-refractivity contribution in [2.75, 3.05) is 6.61 Å². The summed E-state index contributed by atoms with van der Waals surface area (Å²) >= 11 is 0. The highest BCUT2D eigenvalue weighted by Crippen LogP contribution is 2.27. The molecule has 1 fully saturated rings. The normalized spacial score (nSPS) is 15.7. The molecule has 0 saturated heterocycles. The number of hydrogen-bond acceptors (Lipinski definition) is 2. The van der Waals surface area contributed by atoms with Gasteiger partial charge in [-0.15, -0.1) is 0 Å². The fourth-order valence-corrected chi connectivity index (χ4v) is 1.68. The monoisotopic (exact) mass is 204 g/mol. The first kappa shape index (κ1) is 10.2. The van der Waals surface area contributed by atoms with Crippen LogP contribution in [0, 0.1) is 5.92 Å². The predicted molar refractivity (Wildman–Crippen MR) is 58.4 cm³/mol. The third kappa shape index (κ3) is 2.82. The lowest BCUT2D eigenvalue weighted by Crippen LogP contribution is -2.24. The SMILES string of the molecule is O=C(OCCc1ccccc1)C1CCC1. The van der Waals surface area contributed by atoms with Crippen molar-refractivity contribution in [3.05, 3.63) is 35.9 Å². The third-order valence-corrected chi connectivity index (χ3v) is 2.92. The maximum atomic E-state index is 11.4. The number of rotatable bonds is 4. The molecule has 0 unspecified atom stereocenters. The summed E-state index contributed by atoms with van der Waals surface area (Å²) in [5.41, 5.74) is 1.22. The van der Waals surface area contributed by atoms with Crippen LogP contribution in [0.5, 0.6) is 0 Å². The van der Waals surface area contributed by atoms with E-state index >= 15 is 0 Å². The molecule has 1 aromatic carbocycles. The zero-order chi connectivity index (χ0) is 10.5. The minimum absolute atomic E-state index is 0.00261. The van der Waals surface area contributed by atoms with Crippen molar-refractivity contribution in [1.82, 2.24) is 0 Å². The second kappa shape index (κ2) is 4.96. The molecule has 0 aliphatic heterocycles. The van der Waals surface area contributed by atoms with Gasteiger partial charge in [-0.3, -0.25) is 4.79 Å². The van der Waals surface area contributed by atoms with Gasteiger partial charge in [0.2, 0.25) is 0 Å². The van der Waals surface area contributed by atoms with Gasteiger partial charge in [0.25, 0.3) is 0 Å². The zero-order valence-corrected chi connectivity index (χ0v) is 8.82. The van der Waals surface area contributed by atoms with Crippen molar-refractivity contribution >= 4 is 5.97 Å². The number of carbonyl (C=O) groups excluding carboxylic acids is 1. The second-order valence-electron chi connectivity index (χ2n) is 4.03. The Morgan fingerprint density at radius 1 is 1.27 bits per heavy atom. The molecule has 80 valence electrons. The van der Waals surface area contributed by atoms with Crippen molar-refractivity contribution in [2.24, 2.45) is 5.92 Å². The molecule has 2 nitrogen and oxygen atoms in total. The fraction of sp³-hybridized carbons (Fsp3) is 0.462. The van der Waals surface area contributed by atoms with E-state index in [1.54, 1.807) is 0 Å². The molecule has 0 amide bonds. The van der Waals surface area contributed by atoms with Crippen molar-refractivity contribution < 1.29 is 9.53 Å². The van der Waals surface area contributed by atoms with Gasteiger partial charge < -0.3 is 4.74 Å². The molecule has 2 rings (SSSR count). The van der Waals surface area contributed by atoms with Crippen molar-refractivity contribution in [3.63, 3.8) is 0 Å². The minimum atomic E-state index is -0.00261. The Balaban J connectivity index is 1.68. The van der Waals surface area contributed by atoms with Crippen molar-refractivity contribution in [2.45, 2.75) is 25.7 Å². The van der Waals surface area contributed by atoms with Crippen LogP contribution in [-0.4, -0.2) is 12.6 Å². The predicted octanol–water partition coefficient (Wildman–Crippen LogP) is 2.57. The van der Waals surface area contributed by atoms with E-state index in [2.05, 4.69) is 12.1 Å². The van der Waals surface area contributed by atoms with Gasteiger partial charge in [-0.1, -0.05) is 36.8 Å². The van der Waals surface area contributed by atoms with Crippen molar-refractivity contribution in [3.8, 4) is 0 Å². The van der Waals surface area contributed by atoms with Crippen LogP contribution in [0.2, 0.25) is 0 Å². The Labute approximate surface area is 90.3 Å². The highest BCUT2D eigenvalue weighted by molar-refractivity contribution is 5.73. The molecule has 0 spiro atoms. The van der Waals surface area contributed by atoms with Gasteiger partial charge in [-0.2, -0.15) is 0 Å². The molecule has 0 N–H and O–H groups in total. The largest absolute Gasteiger partial charge is 0.465 e. The van der Waals surface area contributed by atoms with Gasteiger partial charge in [0, 0.05) is 6.42 Å². The summed E-state index contributed by atoms with van der Waals surface area (Å²) in [5, 5.41) is 0. The van der Waals surface area contributed by atoms with E-state index in [4.69, 9.17) is 4.74 Å². The van der Waals surface area contributed by atoms with Gasteiger partial charge in [-0.05, 0) is 18.4 Å². The Morgan fingerprint density at radius 2 is 2.00 bits per heavy atom. The number of hydrogen-bond donors (Lipinski definition) is 0. The van der Waals surface area contributed by atoms with Crippen LogP contribution < -0.4 is 0 Å². The summed E-state index contributed by atoms with van der Waals surface area (Å²) in [4.78, 5) is 11.4. The Kier molecular flexibility index (Phi) is 3.38. The van der Waals surface area contributed by atoms with Crippen LogP contribution in [-0.2, 0) is 16.0 Å².